The first-order valence-corrected chi connectivity index (χ1v) is 10.2. The lowest BCUT2D eigenvalue weighted by molar-refractivity contribution is 0.0709. The molecule has 1 aromatic heterocycles. The highest BCUT2D eigenvalue weighted by Crippen LogP contribution is 2.21. The molecule has 0 aliphatic heterocycles. The molecule has 0 unspecified atom stereocenters. The third-order valence-corrected chi connectivity index (χ3v) is 4.88. The van der Waals surface area contributed by atoms with Crippen molar-refractivity contribution >= 4 is 41.4 Å². The number of aryl methyl sites for hydroxylation is 1. The van der Waals surface area contributed by atoms with E-state index < -0.39 is 0 Å². The second-order valence-corrected chi connectivity index (χ2v) is 7.44. The number of halogens is 1. The number of hydrogen-bond acceptors (Lipinski definition) is 6. The van der Waals surface area contributed by atoms with Gasteiger partial charge in [-0.1, -0.05) is 23.2 Å². The lowest BCUT2D eigenvalue weighted by atomic mass is 10.1. The standard InChI is InChI=1S/C22H29ClN6O/c1-6-29(17(3)15-28(5)21-10-8-18(23)14-25-21)22(30)19-13-16(2)7-9-20(19)27-26-12-11-24-4/h7-14,17,27H,6,15H2,1-5H3/b24-11-,26-12-/t17-/m0/s1. The Morgan fingerprint density at radius 3 is 2.70 bits per heavy atom. The molecule has 160 valence electrons. The van der Waals surface area contributed by atoms with E-state index in [0.29, 0.717) is 29.4 Å². The van der Waals surface area contributed by atoms with Gasteiger partial charge in [0.1, 0.15) is 5.82 Å². The molecule has 0 saturated heterocycles. The molecule has 7 nitrogen and oxygen atoms in total. The van der Waals surface area contributed by atoms with Crippen molar-refractivity contribution in [1.82, 2.24) is 9.88 Å². The maximum atomic E-state index is 13.4. The van der Waals surface area contributed by atoms with E-state index in [0.717, 1.165) is 11.4 Å². The predicted octanol–water partition coefficient (Wildman–Crippen LogP) is 4.13. The molecule has 1 amide bonds. The fourth-order valence-electron chi connectivity index (χ4n) is 3.13. The number of carbonyl (C=O) groups is 1. The summed E-state index contributed by atoms with van der Waals surface area (Å²) in [6.07, 6.45) is 4.74. The Kier molecular flexibility index (Phi) is 8.80. The van der Waals surface area contributed by atoms with Crippen molar-refractivity contribution < 1.29 is 4.79 Å². The summed E-state index contributed by atoms with van der Waals surface area (Å²) >= 11 is 5.93. The van der Waals surface area contributed by atoms with Crippen LogP contribution in [0.15, 0.2) is 46.6 Å². The van der Waals surface area contributed by atoms with Crippen LogP contribution in [0.2, 0.25) is 5.02 Å². The van der Waals surface area contributed by atoms with Crippen molar-refractivity contribution in [3.05, 3.63) is 52.7 Å². The van der Waals surface area contributed by atoms with Gasteiger partial charge in [0.25, 0.3) is 5.91 Å². The zero-order valence-electron chi connectivity index (χ0n) is 18.1. The van der Waals surface area contributed by atoms with E-state index >= 15 is 0 Å². The summed E-state index contributed by atoms with van der Waals surface area (Å²) in [5.74, 6) is 0.757. The van der Waals surface area contributed by atoms with E-state index in [1.165, 1.54) is 0 Å². The molecule has 0 spiro atoms. The molecule has 1 N–H and O–H groups in total. The molecular weight excluding hydrogens is 400 g/mol. The van der Waals surface area contributed by atoms with E-state index in [9.17, 15) is 4.79 Å². The van der Waals surface area contributed by atoms with Gasteiger partial charge in [0.2, 0.25) is 0 Å². The van der Waals surface area contributed by atoms with E-state index in [-0.39, 0.29) is 11.9 Å². The third kappa shape index (κ3) is 6.29. The number of aromatic nitrogens is 1. The molecule has 0 saturated carbocycles. The number of amides is 1. The van der Waals surface area contributed by atoms with Gasteiger partial charge in [0, 0.05) is 45.6 Å². The third-order valence-electron chi connectivity index (χ3n) is 4.66. The maximum absolute atomic E-state index is 13.4. The lowest BCUT2D eigenvalue weighted by Crippen LogP contribution is -2.44. The Bertz CT molecular complexity index is 897. The average molecular weight is 429 g/mol. The molecule has 1 atom stereocenters. The van der Waals surface area contributed by atoms with Crippen LogP contribution in [0.1, 0.15) is 29.8 Å². The minimum absolute atomic E-state index is 0.0333. The second-order valence-electron chi connectivity index (χ2n) is 7.00. The summed E-state index contributed by atoms with van der Waals surface area (Å²) in [6, 6.07) is 9.34. The SMILES string of the molecule is CCN(C(=O)c1cc(C)ccc1N/N=C\C=N/C)[C@@H](C)CN(C)c1ccc(Cl)cn1. The van der Waals surface area contributed by atoms with E-state index in [2.05, 4.69) is 20.5 Å². The van der Waals surface area contributed by atoms with Crippen molar-refractivity contribution in [2.24, 2.45) is 10.1 Å². The van der Waals surface area contributed by atoms with Gasteiger partial charge in [-0.2, -0.15) is 5.10 Å². The highest BCUT2D eigenvalue weighted by molar-refractivity contribution is 6.30. The van der Waals surface area contributed by atoms with Gasteiger partial charge in [-0.05, 0) is 45.0 Å². The minimum atomic E-state index is -0.0481. The van der Waals surface area contributed by atoms with Gasteiger partial charge < -0.3 is 9.80 Å². The Labute approximate surface area is 183 Å². The van der Waals surface area contributed by atoms with Crippen LogP contribution >= 0.6 is 11.6 Å². The highest BCUT2D eigenvalue weighted by atomic mass is 35.5. The van der Waals surface area contributed by atoms with Gasteiger partial charge in [0.05, 0.1) is 22.5 Å². The van der Waals surface area contributed by atoms with Crippen LogP contribution in [0.3, 0.4) is 0 Å². The Hall–Kier alpha value is -2.93. The van der Waals surface area contributed by atoms with Gasteiger partial charge >= 0.3 is 0 Å². The molecule has 8 heteroatoms. The van der Waals surface area contributed by atoms with Crippen LogP contribution < -0.4 is 10.3 Å². The first kappa shape index (κ1) is 23.3. The number of hydrogen-bond donors (Lipinski definition) is 1. The summed E-state index contributed by atoms with van der Waals surface area (Å²) in [7, 11) is 3.62. The summed E-state index contributed by atoms with van der Waals surface area (Å²) in [5.41, 5.74) is 5.19. The van der Waals surface area contributed by atoms with Crippen molar-refractivity contribution in [1.29, 1.82) is 0 Å². The van der Waals surface area contributed by atoms with Gasteiger partial charge in [-0.15, -0.1) is 0 Å². The van der Waals surface area contributed by atoms with Crippen LogP contribution in [-0.2, 0) is 0 Å². The zero-order chi connectivity index (χ0) is 22.1. The molecule has 1 aromatic carbocycles. The molecule has 2 rings (SSSR count). The maximum Gasteiger partial charge on any atom is 0.256 e. The van der Waals surface area contributed by atoms with Crippen molar-refractivity contribution in [2.75, 3.05) is 37.5 Å². The summed E-state index contributed by atoms with van der Waals surface area (Å²) in [5, 5.41) is 4.70. The summed E-state index contributed by atoms with van der Waals surface area (Å²) in [4.78, 5) is 25.5. The lowest BCUT2D eigenvalue weighted by Gasteiger charge is -2.32. The molecule has 0 radical (unpaired) electrons. The number of pyridine rings is 1. The molecule has 0 aliphatic rings. The predicted molar refractivity (Wildman–Crippen MR) is 126 cm³/mol. The van der Waals surface area contributed by atoms with Crippen LogP contribution in [0, 0.1) is 6.92 Å². The molecule has 0 bridgehead atoms. The Morgan fingerprint density at radius 1 is 1.30 bits per heavy atom. The quantitative estimate of drug-likeness (QED) is 0.481. The fraction of sp³-hybridized carbons (Fsp3) is 0.364. The number of anilines is 2. The monoisotopic (exact) mass is 428 g/mol. The van der Waals surface area contributed by atoms with Crippen LogP contribution in [0.4, 0.5) is 11.5 Å². The number of likely N-dealkylation sites (N-methyl/N-ethyl adjacent to an activating group) is 2. The van der Waals surface area contributed by atoms with E-state index in [4.69, 9.17) is 11.6 Å². The molecule has 0 aliphatic carbocycles. The largest absolute Gasteiger partial charge is 0.358 e. The van der Waals surface area contributed by atoms with Crippen LogP contribution in [-0.4, -0.2) is 61.4 Å². The average Bonchev–Trinajstić information content (AvgIpc) is 2.72. The van der Waals surface area contributed by atoms with Gasteiger partial charge in [-0.3, -0.25) is 15.2 Å². The second kappa shape index (κ2) is 11.3. The molecule has 30 heavy (non-hydrogen) atoms. The fourth-order valence-corrected chi connectivity index (χ4v) is 3.24. The topological polar surface area (TPSA) is 73.2 Å². The molecule has 1 heterocycles. The molecule has 2 aromatic rings. The number of rotatable bonds is 9. The normalized spacial score (nSPS) is 12.3. The minimum Gasteiger partial charge on any atom is -0.358 e. The van der Waals surface area contributed by atoms with E-state index in [1.54, 1.807) is 25.7 Å². The highest BCUT2D eigenvalue weighted by Gasteiger charge is 2.24. The zero-order valence-corrected chi connectivity index (χ0v) is 18.9. The number of carbonyl (C=O) groups excluding carboxylic acids is 1. The number of nitrogens with one attached hydrogen (secondary N) is 1. The smallest absolute Gasteiger partial charge is 0.256 e. The number of aliphatic imine (C=N–C) groups is 1. The Morgan fingerprint density at radius 2 is 2.07 bits per heavy atom. The van der Waals surface area contributed by atoms with Crippen molar-refractivity contribution in [3.8, 4) is 0 Å². The van der Waals surface area contributed by atoms with Gasteiger partial charge in [0.15, 0.2) is 0 Å². The van der Waals surface area contributed by atoms with Crippen molar-refractivity contribution in [2.45, 2.75) is 26.8 Å². The summed E-state index contributed by atoms with van der Waals surface area (Å²) < 4.78 is 0. The Balaban J connectivity index is 2.19. The number of nitrogens with zero attached hydrogens (tertiary/aromatic N) is 5. The first-order valence-electron chi connectivity index (χ1n) is 9.81. The van der Waals surface area contributed by atoms with Gasteiger partial charge in [-0.25, -0.2) is 4.98 Å². The molecule has 0 fully saturated rings. The molecular formula is C22H29ClN6O. The van der Waals surface area contributed by atoms with Crippen LogP contribution in [0.25, 0.3) is 0 Å². The first-order chi connectivity index (χ1) is 14.4. The van der Waals surface area contributed by atoms with Crippen molar-refractivity contribution in [3.63, 3.8) is 0 Å². The van der Waals surface area contributed by atoms with Crippen LogP contribution in [0.5, 0.6) is 0 Å². The van der Waals surface area contributed by atoms with E-state index in [1.807, 2.05) is 68.0 Å². The number of hydrazone groups is 1. The number of benzene rings is 1. The summed E-state index contributed by atoms with van der Waals surface area (Å²) in [6.45, 7) is 7.20.